The Bertz CT molecular complexity index is 469. The molecular weight excluding hydrogens is 219 g/mol. The molecule has 1 N–H and O–H groups in total. The van der Waals surface area contributed by atoms with E-state index in [4.69, 9.17) is 10.00 Å². The molecule has 90 valence electrons. The zero-order valence-electron chi connectivity index (χ0n) is 9.96. The van der Waals surface area contributed by atoms with E-state index in [9.17, 15) is 4.39 Å². The number of nitrogens with one attached hydrogen (secondary N) is 1. The molecule has 1 aromatic rings. The summed E-state index contributed by atoms with van der Waals surface area (Å²) in [5.74, 6) is -0.493. The van der Waals surface area contributed by atoms with Crippen LogP contribution in [0.1, 0.15) is 25.8 Å². The molecule has 0 amide bonds. The van der Waals surface area contributed by atoms with Crippen LogP contribution in [0.5, 0.6) is 0 Å². The lowest BCUT2D eigenvalue weighted by Gasteiger charge is -2.30. The zero-order valence-corrected chi connectivity index (χ0v) is 9.96. The van der Waals surface area contributed by atoms with Gasteiger partial charge in [0.25, 0.3) is 0 Å². The maximum Gasteiger partial charge on any atom is 0.143 e. The number of ether oxygens (including phenoxy) is 1. The van der Waals surface area contributed by atoms with Gasteiger partial charge in [-0.25, -0.2) is 4.39 Å². The minimum atomic E-state index is -0.493. The fourth-order valence-electron chi connectivity index (χ4n) is 2.05. The Hall–Kier alpha value is -1.60. The molecule has 17 heavy (non-hydrogen) atoms. The summed E-state index contributed by atoms with van der Waals surface area (Å²) in [6.07, 6.45) is 0.882. The van der Waals surface area contributed by atoms with Crippen LogP contribution >= 0.6 is 0 Å². The number of nitriles is 1. The molecule has 1 aliphatic rings. The summed E-state index contributed by atoms with van der Waals surface area (Å²) in [6, 6.07) is 6.50. The Kier molecular flexibility index (Phi) is 3.03. The van der Waals surface area contributed by atoms with E-state index in [2.05, 4.69) is 5.32 Å². The van der Waals surface area contributed by atoms with E-state index in [1.165, 1.54) is 6.07 Å². The summed E-state index contributed by atoms with van der Waals surface area (Å²) in [5.41, 5.74) is 0.347. The van der Waals surface area contributed by atoms with Gasteiger partial charge in [-0.05, 0) is 32.4 Å². The van der Waals surface area contributed by atoms with Crippen LogP contribution in [-0.2, 0) is 4.74 Å². The van der Waals surface area contributed by atoms with E-state index in [1.807, 2.05) is 19.9 Å². The predicted molar refractivity (Wildman–Crippen MR) is 63.2 cm³/mol. The van der Waals surface area contributed by atoms with Crippen molar-refractivity contribution in [2.24, 2.45) is 0 Å². The molecule has 1 fully saturated rings. The summed E-state index contributed by atoms with van der Waals surface area (Å²) >= 11 is 0. The van der Waals surface area contributed by atoms with Crippen molar-refractivity contribution in [3.8, 4) is 6.07 Å². The van der Waals surface area contributed by atoms with E-state index in [0.29, 0.717) is 12.3 Å². The average molecular weight is 234 g/mol. The van der Waals surface area contributed by atoms with Crippen molar-refractivity contribution in [2.75, 3.05) is 11.9 Å². The number of rotatable bonds is 2. The molecule has 0 saturated carbocycles. The summed E-state index contributed by atoms with van der Waals surface area (Å²) in [6.45, 7) is 4.68. The molecule has 0 bridgehead atoms. The van der Waals surface area contributed by atoms with Crippen molar-refractivity contribution in [3.63, 3.8) is 0 Å². The molecule has 0 radical (unpaired) electrons. The van der Waals surface area contributed by atoms with Crippen LogP contribution < -0.4 is 5.32 Å². The second-order valence-electron chi connectivity index (χ2n) is 4.58. The van der Waals surface area contributed by atoms with Crippen LogP contribution in [0.4, 0.5) is 10.1 Å². The third-order valence-corrected chi connectivity index (χ3v) is 3.43. The van der Waals surface area contributed by atoms with Gasteiger partial charge in [0.1, 0.15) is 17.4 Å². The van der Waals surface area contributed by atoms with E-state index in [1.54, 1.807) is 12.1 Å². The maximum atomic E-state index is 13.5. The number of hydrogen-bond acceptors (Lipinski definition) is 3. The second-order valence-corrected chi connectivity index (χ2v) is 4.58. The fourth-order valence-corrected chi connectivity index (χ4v) is 2.05. The Morgan fingerprint density at radius 1 is 1.59 bits per heavy atom. The lowest BCUT2D eigenvalue weighted by molar-refractivity contribution is 0.105. The van der Waals surface area contributed by atoms with Gasteiger partial charge in [-0.1, -0.05) is 6.07 Å². The highest BCUT2D eigenvalue weighted by Gasteiger charge is 2.37. The topological polar surface area (TPSA) is 45.0 Å². The Balaban J connectivity index is 2.31. The normalized spacial score (nSPS) is 27.8. The standard InChI is InChI=1S/C13H15FN2O/c1-9-13(2,6-7-17-9)16-12-5-3-4-11(14)10(12)8-15/h3-5,9,16H,6-7H2,1-2H3. The molecule has 2 rings (SSSR count). The zero-order chi connectivity index (χ0) is 12.5. The van der Waals surface area contributed by atoms with Crippen molar-refractivity contribution >= 4 is 5.69 Å². The molecule has 2 unspecified atom stereocenters. The van der Waals surface area contributed by atoms with Crippen LogP contribution in [-0.4, -0.2) is 18.2 Å². The molecule has 0 aliphatic carbocycles. The van der Waals surface area contributed by atoms with Crippen molar-refractivity contribution in [3.05, 3.63) is 29.6 Å². The predicted octanol–water partition coefficient (Wildman–Crippen LogP) is 2.68. The Morgan fingerprint density at radius 3 is 2.94 bits per heavy atom. The fraction of sp³-hybridized carbons (Fsp3) is 0.462. The summed E-state index contributed by atoms with van der Waals surface area (Å²) in [7, 11) is 0. The molecule has 1 aliphatic heterocycles. The molecule has 1 aromatic carbocycles. The largest absolute Gasteiger partial charge is 0.376 e. The maximum absolute atomic E-state index is 13.5. The SMILES string of the molecule is CC1OCCC1(C)Nc1cccc(F)c1C#N. The van der Waals surface area contributed by atoms with Crippen molar-refractivity contribution in [1.82, 2.24) is 0 Å². The molecule has 3 nitrogen and oxygen atoms in total. The van der Waals surface area contributed by atoms with E-state index in [-0.39, 0.29) is 17.2 Å². The minimum Gasteiger partial charge on any atom is -0.376 e. The molecule has 0 spiro atoms. The van der Waals surface area contributed by atoms with Gasteiger partial charge in [0.2, 0.25) is 0 Å². The monoisotopic (exact) mass is 234 g/mol. The van der Waals surface area contributed by atoms with Gasteiger partial charge in [0.15, 0.2) is 0 Å². The van der Waals surface area contributed by atoms with E-state index in [0.717, 1.165) is 6.42 Å². The quantitative estimate of drug-likeness (QED) is 0.855. The number of benzene rings is 1. The molecule has 2 atom stereocenters. The van der Waals surface area contributed by atoms with Gasteiger partial charge in [-0.3, -0.25) is 0 Å². The highest BCUT2D eigenvalue weighted by atomic mass is 19.1. The first kappa shape index (κ1) is 11.9. The first-order chi connectivity index (χ1) is 8.07. The van der Waals surface area contributed by atoms with Gasteiger partial charge in [0, 0.05) is 6.61 Å². The average Bonchev–Trinajstić information content (AvgIpc) is 2.59. The van der Waals surface area contributed by atoms with Crippen LogP contribution in [0.25, 0.3) is 0 Å². The first-order valence-electron chi connectivity index (χ1n) is 5.65. The number of hydrogen-bond donors (Lipinski definition) is 1. The third-order valence-electron chi connectivity index (χ3n) is 3.43. The molecule has 1 heterocycles. The Labute approximate surface area is 100 Å². The molecule has 1 saturated heterocycles. The third kappa shape index (κ3) is 2.11. The summed E-state index contributed by atoms with van der Waals surface area (Å²) in [5, 5.41) is 12.2. The van der Waals surface area contributed by atoms with Crippen molar-refractivity contribution < 1.29 is 9.13 Å². The van der Waals surface area contributed by atoms with Gasteiger partial charge in [0.05, 0.1) is 17.3 Å². The minimum absolute atomic E-state index is 0.0392. The van der Waals surface area contributed by atoms with Gasteiger partial charge < -0.3 is 10.1 Å². The lowest BCUT2D eigenvalue weighted by Crippen LogP contribution is -2.41. The number of anilines is 1. The lowest BCUT2D eigenvalue weighted by atomic mass is 9.94. The van der Waals surface area contributed by atoms with Gasteiger partial charge >= 0.3 is 0 Å². The highest BCUT2D eigenvalue weighted by Crippen LogP contribution is 2.31. The Morgan fingerprint density at radius 2 is 2.35 bits per heavy atom. The van der Waals surface area contributed by atoms with Crippen molar-refractivity contribution in [2.45, 2.75) is 31.9 Å². The van der Waals surface area contributed by atoms with E-state index >= 15 is 0 Å². The summed E-state index contributed by atoms with van der Waals surface area (Å²) < 4.78 is 19.0. The van der Waals surface area contributed by atoms with Crippen LogP contribution in [0.3, 0.4) is 0 Å². The van der Waals surface area contributed by atoms with Gasteiger partial charge in [-0.15, -0.1) is 0 Å². The summed E-state index contributed by atoms with van der Waals surface area (Å²) in [4.78, 5) is 0. The van der Waals surface area contributed by atoms with Crippen LogP contribution in [0.15, 0.2) is 18.2 Å². The van der Waals surface area contributed by atoms with Crippen molar-refractivity contribution in [1.29, 1.82) is 5.26 Å². The highest BCUT2D eigenvalue weighted by molar-refractivity contribution is 5.59. The molecular formula is C13H15FN2O. The second kappa shape index (κ2) is 4.34. The smallest absolute Gasteiger partial charge is 0.143 e. The van der Waals surface area contributed by atoms with Crippen LogP contribution in [0, 0.1) is 17.1 Å². The first-order valence-corrected chi connectivity index (χ1v) is 5.65. The molecule has 0 aromatic heterocycles. The van der Waals surface area contributed by atoms with Crippen LogP contribution in [0.2, 0.25) is 0 Å². The number of nitrogens with zero attached hydrogens (tertiary/aromatic N) is 1. The van der Waals surface area contributed by atoms with E-state index < -0.39 is 5.82 Å². The molecule has 4 heteroatoms. The number of halogens is 1. The van der Waals surface area contributed by atoms with Gasteiger partial charge in [-0.2, -0.15) is 5.26 Å².